The summed E-state index contributed by atoms with van der Waals surface area (Å²) in [5, 5.41) is 18.9. The number of β-amino-alcohol motifs (C(OH)–C–C–N with tert-alkyl or cyclic N) is 1. The van der Waals surface area contributed by atoms with E-state index in [9.17, 15) is 18.3 Å². The van der Waals surface area contributed by atoms with Gasteiger partial charge in [-0.3, -0.25) is 0 Å². The van der Waals surface area contributed by atoms with Crippen molar-refractivity contribution in [3.8, 4) is 6.07 Å². The van der Waals surface area contributed by atoms with Crippen LogP contribution in [0.3, 0.4) is 0 Å². The number of halogens is 3. The summed E-state index contributed by atoms with van der Waals surface area (Å²) in [6, 6.07) is 1.93. The summed E-state index contributed by atoms with van der Waals surface area (Å²) >= 11 is 0.984. The van der Waals surface area contributed by atoms with Crippen molar-refractivity contribution < 1.29 is 18.3 Å². The average Bonchev–Trinajstić information content (AvgIpc) is 2.81. The van der Waals surface area contributed by atoms with Crippen molar-refractivity contribution in [2.24, 2.45) is 0 Å². The van der Waals surface area contributed by atoms with E-state index < -0.39 is 24.7 Å². The van der Waals surface area contributed by atoms with Crippen LogP contribution in [0.4, 0.5) is 18.2 Å². The molecule has 1 aromatic rings. The first-order valence-electron chi connectivity index (χ1n) is 5.19. The largest absolute Gasteiger partial charge is 0.418 e. The molecule has 1 unspecified atom stereocenters. The topological polar surface area (TPSA) is 60.1 Å². The molecule has 0 aromatic carbocycles. The third kappa shape index (κ3) is 1.93. The van der Waals surface area contributed by atoms with Crippen molar-refractivity contribution in [2.45, 2.75) is 25.1 Å². The van der Waals surface area contributed by atoms with Gasteiger partial charge in [0.1, 0.15) is 16.6 Å². The monoisotopic (exact) mass is 277 g/mol. The molecule has 1 aliphatic heterocycles. The normalized spacial score (nSPS) is 24.3. The lowest BCUT2D eigenvalue weighted by molar-refractivity contribution is -0.250. The molecule has 1 saturated heterocycles. The molecule has 1 aliphatic rings. The Kier molecular flexibility index (Phi) is 2.99. The van der Waals surface area contributed by atoms with Crippen LogP contribution in [0.25, 0.3) is 0 Å². The van der Waals surface area contributed by atoms with E-state index in [-0.39, 0.29) is 12.1 Å². The first kappa shape index (κ1) is 13.1. The molecule has 1 fully saturated rings. The maximum absolute atomic E-state index is 12.7. The van der Waals surface area contributed by atoms with Crippen molar-refractivity contribution in [3.63, 3.8) is 0 Å². The molecule has 98 valence electrons. The van der Waals surface area contributed by atoms with Crippen LogP contribution in [-0.2, 0) is 0 Å². The predicted octanol–water partition coefficient (Wildman–Crippen LogP) is 1.83. The van der Waals surface area contributed by atoms with Crippen LogP contribution in [0.15, 0.2) is 0 Å². The van der Waals surface area contributed by atoms with Crippen LogP contribution < -0.4 is 4.90 Å². The average molecular weight is 277 g/mol. The Morgan fingerprint density at radius 2 is 2.22 bits per heavy atom. The van der Waals surface area contributed by atoms with Crippen molar-refractivity contribution in [1.29, 1.82) is 5.26 Å². The van der Waals surface area contributed by atoms with Gasteiger partial charge in [0, 0.05) is 13.0 Å². The van der Waals surface area contributed by atoms with Crippen molar-refractivity contribution >= 4 is 16.5 Å². The molecule has 1 atom stereocenters. The minimum atomic E-state index is -4.66. The lowest BCUT2D eigenvalue weighted by Gasteiger charge is -2.26. The molecule has 0 aliphatic carbocycles. The van der Waals surface area contributed by atoms with Gasteiger partial charge in [-0.05, 0) is 18.5 Å². The number of alkyl halides is 3. The maximum Gasteiger partial charge on any atom is 0.418 e. The van der Waals surface area contributed by atoms with Gasteiger partial charge >= 0.3 is 6.18 Å². The molecule has 1 aromatic heterocycles. The Morgan fingerprint density at radius 1 is 1.56 bits per heavy atom. The summed E-state index contributed by atoms with van der Waals surface area (Å²) in [4.78, 5) is 1.37. The molecular weight excluding hydrogens is 267 g/mol. The maximum atomic E-state index is 12.7. The number of aromatic nitrogens is 1. The molecule has 0 spiro atoms. The highest BCUT2D eigenvalue weighted by atomic mass is 32.1. The molecule has 2 rings (SSSR count). The molecule has 0 amide bonds. The Bertz CT molecular complexity index is 507. The van der Waals surface area contributed by atoms with Crippen LogP contribution in [0.5, 0.6) is 0 Å². The minimum Gasteiger partial charge on any atom is -0.379 e. The smallest absolute Gasteiger partial charge is 0.379 e. The van der Waals surface area contributed by atoms with E-state index in [1.807, 2.05) is 6.07 Å². The third-order valence-corrected chi connectivity index (χ3v) is 4.02. The summed E-state index contributed by atoms with van der Waals surface area (Å²) in [6.07, 6.45) is -5.05. The molecule has 0 bridgehead atoms. The van der Waals surface area contributed by atoms with Gasteiger partial charge < -0.3 is 10.0 Å². The van der Waals surface area contributed by atoms with Crippen LogP contribution in [-0.4, -0.2) is 34.3 Å². The van der Waals surface area contributed by atoms with Crippen molar-refractivity contribution in [1.82, 2.24) is 4.37 Å². The van der Waals surface area contributed by atoms with Gasteiger partial charge in [0.05, 0.1) is 12.2 Å². The van der Waals surface area contributed by atoms with E-state index in [1.165, 1.54) is 4.90 Å². The number of nitrogens with zero attached hydrogens (tertiary/aromatic N) is 3. The fourth-order valence-corrected chi connectivity index (χ4v) is 2.77. The van der Waals surface area contributed by atoms with Gasteiger partial charge in [-0.25, -0.2) is 0 Å². The Balaban J connectivity index is 2.27. The van der Waals surface area contributed by atoms with Gasteiger partial charge in [0.2, 0.25) is 0 Å². The predicted molar refractivity (Wildman–Crippen MR) is 59.4 cm³/mol. The standard InChI is InChI=1S/C10H10F3N3OS/c1-6-7(4-14)8(18-15-6)16-3-2-9(17,5-16)10(11,12)13/h17H,2-3,5H2,1H3. The summed E-state index contributed by atoms with van der Waals surface area (Å²) < 4.78 is 42.0. The molecule has 18 heavy (non-hydrogen) atoms. The van der Waals surface area contributed by atoms with Gasteiger partial charge in [-0.2, -0.15) is 22.8 Å². The zero-order valence-corrected chi connectivity index (χ0v) is 10.3. The second-order valence-electron chi connectivity index (χ2n) is 4.26. The first-order chi connectivity index (χ1) is 8.28. The molecular formula is C10H10F3N3OS. The summed E-state index contributed by atoms with van der Waals surface area (Å²) in [6.45, 7) is 1.14. The number of aliphatic hydroxyl groups is 1. The van der Waals surface area contributed by atoms with Crippen LogP contribution >= 0.6 is 11.5 Å². The highest BCUT2D eigenvalue weighted by Gasteiger charge is 2.57. The zero-order chi connectivity index (χ0) is 13.6. The van der Waals surface area contributed by atoms with Crippen LogP contribution in [0.2, 0.25) is 0 Å². The fourth-order valence-electron chi connectivity index (χ4n) is 1.90. The number of rotatable bonds is 1. The van der Waals surface area contributed by atoms with E-state index in [2.05, 4.69) is 4.37 Å². The van der Waals surface area contributed by atoms with Crippen molar-refractivity contribution in [3.05, 3.63) is 11.3 Å². The minimum absolute atomic E-state index is 0.0618. The lowest BCUT2D eigenvalue weighted by Crippen LogP contribution is -2.47. The Hall–Kier alpha value is -1.33. The van der Waals surface area contributed by atoms with Crippen LogP contribution in [0.1, 0.15) is 17.7 Å². The quantitative estimate of drug-likeness (QED) is 0.850. The van der Waals surface area contributed by atoms with E-state index in [1.54, 1.807) is 6.92 Å². The molecule has 1 N–H and O–H groups in total. The molecule has 4 nitrogen and oxygen atoms in total. The van der Waals surface area contributed by atoms with E-state index in [0.717, 1.165) is 11.5 Å². The van der Waals surface area contributed by atoms with Gasteiger partial charge in [0.15, 0.2) is 5.60 Å². The molecule has 0 saturated carbocycles. The van der Waals surface area contributed by atoms with E-state index in [4.69, 9.17) is 5.26 Å². The summed E-state index contributed by atoms with van der Waals surface area (Å²) in [5.74, 6) is 0. The molecule has 2 heterocycles. The van der Waals surface area contributed by atoms with E-state index in [0.29, 0.717) is 10.7 Å². The van der Waals surface area contributed by atoms with Crippen molar-refractivity contribution in [2.75, 3.05) is 18.0 Å². The third-order valence-electron chi connectivity index (χ3n) is 3.02. The second-order valence-corrected chi connectivity index (χ2v) is 5.01. The second kappa shape index (κ2) is 4.10. The zero-order valence-electron chi connectivity index (χ0n) is 9.45. The Labute approximate surface area is 105 Å². The number of anilines is 1. The summed E-state index contributed by atoms with van der Waals surface area (Å²) in [7, 11) is 0. The van der Waals surface area contributed by atoms with Crippen LogP contribution in [0, 0.1) is 18.3 Å². The van der Waals surface area contributed by atoms with Gasteiger partial charge in [-0.15, -0.1) is 0 Å². The highest BCUT2D eigenvalue weighted by molar-refractivity contribution is 7.10. The number of aryl methyl sites for hydroxylation is 1. The fraction of sp³-hybridized carbons (Fsp3) is 0.600. The Morgan fingerprint density at radius 3 is 2.72 bits per heavy atom. The number of hydrogen-bond acceptors (Lipinski definition) is 5. The molecule has 0 radical (unpaired) electrons. The SMILES string of the molecule is Cc1nsc(N2CCC(O)(C(F)(F)F)C2)c1C#N. The highest BCUT2D eigenvalue weighted by Crippen LogP contribution is 2.41. The lowest BCUT2D eigenvalue weighted by atomic mass is 10.0. The van der Waals surface area contributed by atoms with Gasteiger partial charge in [0.25, 0.3) is 0 Å². The van der Waals surface area contributed by atoms with E-state index >= 15 is 0 Å². The molecule has 8 heteroatoms. The first-order valence-corrected chi connectivity index (χ1v) is 5.96. The number of hydrogen-bond donors (Lipinski definition) is 1. The number of nitriles is 1. The van der Waals surface area contributed by atoms with Gasteiger partial charge in [-0.1, -0.05) is 0 Å². The summed E-state index contributed by atoms with van der Waals surface area (Å²) in [5.41, 5.74) is -1.91.